The van der Waals surface area contributed by atoms with E-state index in [-0.39, 0.29) is 10.7 Å². The summed E-state index contributed by atoms with van der Waals surface area (Å²) in [5, 5.41) is 0. The van der Waals surface area contributed by atoms with Crippen molar-refractivity contribution in [2.24, 2.45) is 0 Å². The third kappa shape index (κ3) is 2.91. The van der Waals surface area contributed by atoms with Crippen molar-refractivity contribution >= 4 is 21.5 Å². The third-order valence-corrected chi connectivity index (χ3v) is 4.39. The van der Waals surface area contributed by atoms with Gasteiger partial charge in [0.15, 0.2) is 0 Å². The maximum absolute atomic E-state index is 12.4. The minimum atomic E-state index is -3.66. The lowest BCUT2D eigenvalue weighted by Crippen LogP contribution is -2.15. The van der Waals surface area contributed by atoms with Crippen LogP contribution in [-0.4, -0.2) is 13.4 Å². The van der Waals surface area contributed by atoms with Crippen LogP contribution in [0.4, 0.5) is 11.5 Å². The molecule has 0 fully saturated rings. The Morgan fingerprint density at radius 1 is 1.30 bits per heavy atom. The highest BCUT2D eigenvalue weighted by Gasteiger charge is 2.17. The highest BCUT2D eigenvalue weighted by molar-refractivity contribution is 7.92. The van der Waals surface area contributed by atoms with Gasteiger partial charge in [0.25, 0.3) is 10.0 Å². The molecule has 0 unspecified atom stereocenters. The molecule has 106 valence electrons. The van der Waals surface area contributed by atoms with E-state index in [0.717, 1.165) is 17.5 Å². The predicted octanol–water partition coefficient (Wildman–Crippen LogP) is 2.34. The zero-order valence-corrected chi connectivity index (χ0v) is 12.2. The number of rotatable bonds is 4. The fourth-order valence-electron chi connectivity index (χ4n) is 1.96. The summed E-state index contributed by atoms with van der Waals surface area (Å²) >= 11 is 0. The number of aromatic nitrogens is 1. The van der Waals surface area contributed by atoms with Crippen molar-refractivity contribution in [3.8, 4) is 0 Å². The zero-order chi connectivity index (χ0) is 14.8. The van der Waals surface area contributed by atoms with Gasteiger partial charge in [0.2, 0.25) is 0 Å². The highest BCUT2D eigenvalue weighted by Crippen LogP contribution is 2.24. The molecule has 5 nitrogen and oxygen atoms in total. The van der Waals surface area contributed by atoms with Crippen LogP contribution in [0.15, 0.2) is 41.4 Å². The van der Waals surface area contributed by atoms with Gasteiger partial charge in [-0.05, 0) is 30.5 Å². The van der Waals surface area contributed by atoms with E-state index in [1.165, 1.54) is 18.3 Å². The molecule has 2 aromatic rings. The Morgan fingerprint density at radius 3 is 2.70 bits per heavy atom. The molecule has 0 amide bonds. The van der Waals surface area contributed by atoms with Crippen LogP contribution in [0.2, 0.25) is 0 Å². The second-order valence-electron chi connectivity index (χ2n) is 4.48. The van der Waals surface area contributed by atoms with E-state index in [0.29, 0.717) is 5.69 Å². The minimum Gasteiger partial charge on any atom is -0.384 e. The number of hydrogen-bond acceptors (Lipinski definition) is 4. The lowest BCUT2D eigenvalue weighted by atomic mass is 10.1. The summed E-state index contributed by atoms with van der Waals surface area (Å²) in [5.74, 6) is 0.174. The van der Waals surface area contributed by atoms with Crippen molar-refractivity contribution in [2.45, 2.75) is 25.2 Å². The van der Waals surface area contributed by atoms with Gasteiger partial charge in [0.1, 0.15) is 5.82 Å². The van der Waals surface area contributed by atoms with Crippen LogP contribution in [-0.2, 0) is 16.4 Å². The lowest BCUT2D eigenvalue weighted by Gasteiger charge is -2.14. The number of pyridine rings is 1. The first-order valence-corrected chi connectivity index (χ1v) is 7.75. The molecule has 0 aliphatic carbocycles. The fourth-order valence-corrected chi connectivity index (χ4v) is 3.15. The van der Waals surface area contributed by atoms with Gasteiger partial charge in [0.05, 0.1) is 10.6 Å². The van der Waals surface area contributed by atoms with Crippen LogP contribution in [0.5, 0.6) is 0 Å². The summed E-state index contributed by atoms with van der Waals surface area (Å²) < 4.78 is 27.4. The van der Waals surface area contributed by atoms with Crippen LogP contribution < -0.4 is 10.5 Å². The molecule has 20 heavy (non-hydrogen) atoms. The Morgan fingerprint density at radius 2 is 2.05 bits per heavy atom. The van der Waals surface area contributed by atoms with Gasteiger partial charge in [-0.3, -0.25) is 4.72 Å². The number of aryl methyl sites for hydroxylation is 2. The minimum absolute atomic E-state index is 0.107. The first kappa shape index (κ1) is 14.3. The van der Waals surface area contributed by atoms with Gasteiger partial charge in [-0.25, -0.2) is 13.4 Å². The van der Waals surface area contributed by atoms with Gasteiger partial charge in [0, 0.05) is 12.3 Å². The maximum Gasteiger partial charge on any atom is 0.262 e. The predicted molar refractivity (Wildman–Crippen MR) is 80.0 cm³/mol. The summed E-state index contributed by atoms with van der Waals surface area (Å²) in [6.45, 7) is 3.86. The molecule has 2 rings (SSSR count). The Bertz CT molecular complexity index is 727. The van der Waals surface area contributed by atoms with E-state index in [1.54, 1.807) is 0 Å². The summed E-state index contributed by atoms with van der Waals surface area (Å²) in [7, 11) is -3.66. The topological polar surface area (TPSA) is 85.1 Å². The van der Waals surface area contributed by atoms with Gasteiger partial charge < -0.3 is 5.73 Å². The molecule has 0 aliphatic rings. The number of nitrogens with one attached hydrogen (secondary N) is 1. The molecule has 1 heterocycles. The largest absolute Gasteiger partial charge is 0.384 e. The van der Waals surface area contributed by atoms with E-state index in [2.05, 4.69) is 9.71 Å². The summed E-state index contributed by atoms with van der Waals surface area (Å²) in [6.07, 6.45) is 2.13. The quantitative estimate of drug-likeness (QED) is 0.905. The van der Waals surface area contributed by atoms with Gasteiger partial charge in [-0.1, -0.05) is 25.1 Å². The number of benzene rings is 1. The van der Waals surface area contributed by atoms with Gasteiger partial charge in [-0.2, -0.15) is 0 Å². The molecule has 1 aromatic carbocycles. The second kappa shape index (κ2) is 5.50. The van der Waals surface area contributed by atoms with E-state index < -0.39 is 10.0 Å². The van der Waals surface area contributed by atoms with E-state index in [1.807, 2.05) is 32.0 Å². The molecule has 0 saturated heterocycles. The zero-order valence-electron chi connectivity index (χ0n) is 11.4. The number of nitrogens with two attached hydrogens (primary N) is 1. The van der Waals surface area contributed by atoms with Crippen LogP contribution in [0.3, 0.4) is 0 Å². The number of hydrogen-bond donors (Lipinski definition) is 2. The average molecular weight is 291 g/mol. The molecule has 0 radical (unpaired) electrons. The van der Waals surface area contributed by atoms with E-state index in [4.69, 9.17) is 5.73 Å². The molecular weight excluding hydrogens is 274 g/mol. The Kier molecular flexibility index (Phi) is 3.94. The number of para-hydroxylation sites is 1. The number of nitrogen functional groups attached to an aromatic ring is 1. The number of sulfonamides is 1. The van der Waals surface area contributed by atoms with Crippen molar-refractivity contribution in [1.82, 2.24) is 4.98 Å². The van der Waals surface area contributed by atoms with Crippen molar-refractivity contribution < 1.29 is 8.42 Å². The molecule has 3 N–H and O–H groups in total. The van der Waals surface area contributed by atoms with Crippen LogP contribution in [0.1, 0.15) is 18.1 Å². The van der Waals surface area contributed by atoms with Gasteiger partial charge >= 0.3 is 0 Å². The first-order chi connectivity index (χ1) is 9.44. The van der Waals surface area contributed by atoms with Crippen LogP contribution in [0.25, 0.3) is 0 Å². The molecule has 0 aliphatic heterocycles. The van der Waals surface area contributed by atoms with Crippen molar-refractivity contribution in [3.05, 3.63) is 47.7 Å². The fraction of sp³-hybridized carbons (Fsp3) is 0.214. The van der Waals surface area contributed by atoms with E-state index in [9.17, 15) is 8.42 Å². The molecule has 6 heteroatoms. The summed E-state index contributed by atoms with van der Waals surface area (Å²) in [4.78, 5) is 3.90. The normalized spacial score (nSPS) is 11.3. The average Bonchev–Trinajstić information content (AvgIpc) is 2.41. The molecule has 1 aromatic heterocycles. The molecule has 0 saturated carbocycles. The Balaban J connectivity index is 2.44. The summed E-state index contributed by atoms with van der Waals surface area (Å²) in [5.41, 5.74) is 8.00. The van der Waals surface area contributed by atoms with Crippen LogP contribution >= 0.6 is 0 Å². The SMILES string of the molecule is CCc1cccc(C)c1NS(=O)(=O)c1ccnc(N)c1. The summed E-state index contributed by atoms with van der Waals surface area (Å²) in [6, 6.07) is 8.45. The highest BCUT2D eigenvalue weighted by atomic mass is 32.2. The molecule has 0 bridgehead atoms. The molecule has 0 atom stereocenters. The number of anilines is 2. The van der Waals surface area contributed by atoms with Crippen molar-refractivity contribution in [1.29, 1.82) is 0 Å². The Hall–Kier alpha value is -2.08. The molecule has 0 spiro atoms. The van der Waals surface area contributed by atoms with Crippen LogP contribution in [0, 0.1) is 6.92 Å². The third-order valence-electron chi connectivity index (χ3n) is 3.04. The molecular formula is C14H17N3O2S. The van der Waals surface area contributed by atoms with Crippen molar-refractivity contribution in [2.75, 3.05) is 10.5 Å². The Labute approximate surface area is 118 Å². The maximum atomic E-state index is 12.4. The standard InChI is InChI=1S/C14H17N3O2S/c1-3-11-6-4-5-10(2)14(11)17-20(18,19)12-7-8-16-13(15)9-12/h4-9,17H,3H2,1-2H3,(H2,15,16). The second-order valence-corrected chi connectivity index (χ2v) is 6.17. The first-order valence-electron chi connectivity index (χ1n) is 6.27. The van der Waals surface area contributed by atoms with Crippen molar-refractivity contribution in [3.63, 3.8) is 0 Å². The smallest absolute Gasteiger partial charge is 0.262 e. The lowest BCUT2D eigenvalue weighted by molar-refractivity contribution is 0.601. The van der Waals surface area contributed by atoms with E-state index >= 15 is 0 Å². The number of nitrogens with zero attached hydrogens (tertiary/aromatic N) is 1. The monoisotopic (exact) mass is 291 g/mol. The van der Waals surface area contributed by atoms with Gasteiger partial charge in [-0.15, -0.1) is 0 Å².